The molecule has 0 amide bonds. The van der Waals surface area contributed by atoms with E-state index in [2.05, 4.69) is 181 Å². The van der Waals surface area contributed by atoms with E-state index in [4.69, 9.17) is 4.98 Å². The summed E-state index contributed by atoms with van der Waals surface area (Å²) in [7, 11) is -3.32. The number of hydrogen-bond donors (Lipinski definition) is 0. The van der Waals surface area contributed by atoms with Gasteiger partial charge in [0, 0.05) is 27.9 Å². The van der Waals surface area contributed by atoms with E-state index in [1.54, 1.807) is 0 Å². The Morgan fingerprint density at radius 2 is 0.905 bits per heavy atom. The van der Waals surface area contributed by atoms with Crippen molar-refractivity contribution < 1.29 is 4.57 Å². The molecular weight excluding hydrogens is 784 g/mol. The first-order valence-corrected chi connectivity index (χ1v) is 23.8. The van der Waals surface area contributed by atoms with E-state index in [1.165, 1.54) is 66.8 Å². The first-order chi connectivity index (χ1) is 31.1. The van der Waals surface area contributed by atoms with Crippen LogP contribution in [0.3, 0.4) is 0 Å². The van der Waals surface area contributed by atoms with Gasteiger partial charge in [-0.3, -0.25) is 4.57 Å². The molecule has 63 heavy (non-hydrogen) atoms. The van der Waals surface area contributed by atoms with Crippen LogP contribution >= 0.6 is 7.14 Å². The van der Waals surface area contributed by atoms with Crippen LogP contribution in [0.1, 0.15) is 57.3 Å². The lowest BCUT2D eigenvalue weighted by atomic mass is 9.52. The van der Waals surface area contributed by atoms with Crippen LogP contribution in [-0.4, -0.2) is 9.55 Å². The van der Waals surface area contributed by atoms with Crippen molar-refractivity contribution in [2.45, 2.75) is 24.2 Å². The molecule has 2 heterocycles. The average molecular weight is 823 g/mol. The maximum absolute atomic E-state index is 16.3. The molecule has 4 heteroatoms. The number of fused-ring (bicyclic) bond motifs is 18. The number of imidazole rings is 1. The predicted molar refractivity (Wildman–Crippen MR) is 257 cm³/mol. The third kappa shape index (κ3) is 4.09. The minimum absolute atomic E-state index is 0.505. The first kappa shape index (κ1) is 35.3. The van der Waals surface area contributed by atoms with E-state index in [0.29, 0.717) is 0 Å². The molecular formula is C59H39N2OP. The SMILES string of the molecule is CCc1nc2cccc3c2n1-c1c(-c2ccc4c(c2)C2(c5ccccc5-4)c4ccccc4C4(c5ccccc5-c5ccccc54)c4ccccc42)cccc1P3(=O)c1ccccc1. The molecule has 296 valence electrons. The molecule has 1 aromatic heterocycles. The van der Waals surface area contributed by atoms with Gasteiger partial charge in [0.05, 0.1) is 27.6 Å². The lowest BCUT2D eigenvalue weighted by Crippen LogP contribution is -2.43. The van der Waals surface area contributed by atoms with Crippen molar-refractivity contribution in [1.29, 1.82) is 0 Å². The minimum atomic E-state index is -3.32. The quantitative estimate of drug-likeness (QED) is 0.166. The second kappa shape index (κ2) is 12.4. The van der Waals surface area contributed by atoms with Crippen molar-refractivity contribution in [2.75, 3.05) is 0 Å². The van der Waals surface area contributed by atoms with Crippen LogP contribution < -0.4 is 15.9 Å². The van der Waals surface area contributed by atoms with Crippen LogP contribution in [-0.2, 0) is 21.8 Å². The summed E-state index contributed by atoms with van der Waals surface area (Å²) in [5.74, 6) is 0.966. The van der Waals surface area contributed by atoms with Gasteiger partial charge in [-0.2, -0.15) is 0 Å². The van der Waals surface area contributed by atoms with Gasteiger partial charge in [-0.15, -0.1) is 0 Å². The van der Waals surface area contributed by atoms with Gasteiger partial charge in [0.25, 0.3) is 0 Å². The van der Waals surface area contributed by atoms with Gasteiger partial charge in [0.15, 0.2) is 7.14 Å². The zero-order valence-electron chi connectivity index (χ0n) is 34.6. The Morgan fingerprint density at radius 1 is 0.444 bits per heavy atom. The summed E-state index contributed by atoms with van der Waals surface area (Å²) >= 11 is 0. The Bertz CT molecular complexity index is 3580. The standard InChI is InChI=1S/C59H39N2OP/c1-2-55-60-52-31-17-33-54-57(52)61(55)56-39(23-16-32-53(56)63(54,62)38-18-4-3-5-19-38)37-34-35-43-42-22-8-11-26-46(42)59(51(43)36-37)49-29-14-12-27-47(49)58(48-28-13-15-30-50(48)59)44-24-9-6-20-40(44)41-21-7-10-25-45(41)58/h3-36H,2H2,1H3. The highest BCUT2D eigenvalue weighted by Gasteiger charge is 2.59. The molecule has 9 aromatic carbocycles. The molecule has 0 fully saturated rings. The maximum Gasteiger partial charge on any atom is 0.175 e. The van der Waals surface area contributed by atoms with E-state index in [0.717, 1.165) is 56.0 Å². The third-order valence-electron chi connectivity index (χ3n) is 14.9. The maximum atomic E-state index is 16.3. The summed E-state index contributed by atoms with van der Waals surface area (Å²) in [4.78, 5) is 5.21. The van der Waals surface area contributed by atoms with E-state index >= 15 is 4.57 Å². The predicted octanol–water partition coefficient (Wildman–Crippen LogP) is 12.2. The van der Waals surface area contributed by atoms with E-state index in [1.807, 2.05) is 36.4 Å². The monoisotopic (exact) mass is 822 g/mol. The average Bonchev–Trinajstić information content (AvgIpc) is 3.98. The van der Waals surface area contributed by atoms with Crippen LogP contribution in [0.4, 0.5) is 0 Å². The Morgan fingerprint density at radius 3 is 1.48 bits per heavy atom. The molecule has 1 unspecified atom stereocenters. The summed E-state index contributed by atoms with van der Waals surface area (Å²) in [5, 5.41) is 2.54. The minimum Gasteiger partial charge on any atom is -0.308 e. The Kier molecular flexibility index (Phi) is 6.95. The number of para-hydroxylation sites is 2. The molecule has 0 saturated heterocycles. The van der Waals surface area contributed by atoms with Gasteiger partial charge in [-0.25, -0.2) is 4.98 Å². The fraction of sp³-hybridized carbons (Fsp3) is 0.0678. The molecule has 0 N–H and O–H groups in total. The van der Waals surface area contributed by atoms with Crippen LogP contribution in [0.5, 0.6) is 0 Å². The molecule has 0 saturated carbocycles. The van der Waals surface area contributed by atoms with E-state index in [-0.39, 0.29) is 0 Å². The van der Waals surface area contributed by atoms with Gasteiger partial charge in [0.2, 0.25) is 0 Å². The highest BCUT2D eigenvalue weighted by molar-refractivity contribution is 7.86. The van der Waals surface area contributed by atoms with E-state index < -0.39 is 18.0 Å². The highest BCUT2D eigenvalue weighted by atomic mass is 31.2. The number of rotatable bonds is 3. The Labute approximate surface area is 366 Å². The van der Waals surface area contributed by atoms with Crippen molar-refractivity contribution in [3.8, 4) is 39.1 Å². The molecule has 1 atom stereocenters. The zero-order valence-corrected chi connectivity index (χ0v) is 35.5. The van der Waals surface area contributed by atoms with Gasteiger partial charge < -0.3 is 4.57 Å². The lowest BCUT2D eigenvalue weighted by molar-refractivity contribution is 0.592. The largest absolute Gasteiger partial charge is 0.308 e. The van der Waals surface area contributed by atoms with E-state index in [9.17, 15) is 0 Å². The summed E-state index contributed by atoms with van der Waals surface area (Å²) in [6.07, 6.45) is 0.738. The van der Waals surface area contributed by atoms with Crippen molar-refractivity contribution in [3.05, 3.63) is 257 Å². The normalized spacial score (nSPS) is 17.1. The number of hydrogen-bond acceptors (Lipinski definition) is 2. The summed E-state index contributed by atoms with van der Waals surface area (Å²) in [6, 6.07) is 75.5. The first-order valence-electron chi connectivity index (χ1n) is 22.1. The molecule has 3 aliphatic carbocycles. The molecule has 4 aliphatic rings. The number of aryl methyl sites for hydroxylation is 1. The van der Waals surface area contributed by atoms with Crippen molar-refractivity contribution in [1.82, 2.24) is 9.55 Å². The molecule has 0 radical (unpaired) electrons. The molecule has 3 nitrogen and oxygen atoms in total. The second-order valence-corrected chi connectivity index (χ2v) is 20.2. The van der Waals surface area contributed by atoms with Gasteiger partial charge >= 0.3 is 0 Å². The van der Waals surface area contributed by atoms with Crippen LogP contribution in [0.25, 0.3) is 50.1 Å². The second-order valence-electron chi connectivity index (χ2n) is 17.5. The smallest absolute Gasteiger partial charge is 0.175 e. The topological polar surface area (TPSA) is 34.9 Å². The fourth-order valence-electron chi connectivity index (χ4n) is 12.6. The van der Waals surface area contributed by atoms with Crippen LogP contribution in [0, 0.1) is 0 Å². The molecule has 1 aliphatic heterocycles. The summed E-state index contributed by atoms with van der Waals surface area (Å²) < 4.78 is 18.6. The summed E-state index contributed by atoms with van der Waals surface area (Å²) in [6.45, 7) is 2.17. The van der Waals surface area contributed by atoms with Gasteiger partial charge in [-0.1, -0.05) is 189 Å². The summed E-state index contributed by atoms with van der Waals surface area (Å²) in [5.41, 5.74) is 19.4. The van der Waals surface area contributed by atoms with Crippen molar-refractivity contribution in [3.63, 3.8) is 0 Å². The van der Waals surface area contributed by atoms with Gasteiger partial charge in [-0.05, 0) is 96.6 Å². The molecule has 2 spiro atoms. The van der Waals surface area contributed by atoms with Crippen LogP contribution in [0.15, 0.2) is 206 Å². The van der Waals surface area contributed by atoms with Gasteiger partial charge in [0.1, 0.15) is 5.82 Å². The van der Waals surface area contributed by atoms with Crippen molar-refractivity contribution >= 4 is 34.1 Å². The highest BCUT2D eigenvalue weighted by Crippen LogP contribution is 2.67. The van der Waals surface area contributed by atoms with Crippen LogP contribution in [0.2, 0.25) is 0 Å². The lowest BCUT2D eigenvalue weighted by Gasteiger charge is -2.48. The Balaban J connectivity index is 1.09. The number of aromatic nitrogens is 2. The fourth-order valence-corrected chi connectivity index (χ4v) is 15.6. The molecule has 14 rings (SSSR count). The number of nitrogens with zero attached hydrogens (tertiary/aromatic N) is 2. The molecule has 10 aromatic rings. The Hall–Kier alpha value is -7.32. The molecule has 0 bridgehead atoms. The zero-order chi connectivity index (χ0) is 41.7. The third-order valence-corrected chi connectivity index (χ3v) is 18.0. The number of benzene rings is 9. The van der Waals surface area contributed by atoms with Crippen molar-refractivity contribution in [2.24, 2.45) is 0 Å².